The van der Waals surface area contributed by atoms with Crippen LogP contribution in [0.15, 0.2) is 10.7 Å². The number of anilines is 2. The molecule has 0 saturated heterocycles. The first kappa shape index (κ1) is 13.2. The Bertz CT molecular complexity index is 341. The molecule has 1 aromatic rings. The summed E-state index contributed by atoms with van der Waals surface area (Å²) in [4.78, 5) is 8.58. The lowest BCUT2D eigenvalue weighted by atomic mass is 10.1. The van der Waals surface area contributed by atoms with E-state index in [1.54, 1.807) is 6.20 Å². The maximum Gasteiger partial charge on any atom is 0.224 e. The normalized spacial score (nSPS) is 12.6. The number of halogens is 1. The third-order valence-electron chi connectivity index (χ3n) is 2.44. The molecule has 0 radical (unpaired) electrons. The highest BCUT2D eigenvalue weighted by Crippen LogP contribution is 2.22. The Hall–Kier alpha value is -0.840. The van der Waals surface area contributed by atoms with Gasteiger partial charge < -0.3 is 10.6 Å². The first-order chi connectivity index (χ1) is 7.54. The SMILES string of the molecule is CCNc1ncc(Br)c(NC(C)C(C)C)n1. The zero-order valence-corrected chi connectivity index (χ0v) is 11.8. The van der Waals surface area contributed by atoms with E-state index in [0.29, 0.717) is 17.9 Å². The largest absolute Gasteiger partial charge is 0.366 e. The molecule has 0 aliphatic rings. The van der Waals surface area contributed by atoms with Crippen LogP contribution in [0.5, 0.6) is 0 Å². The zero-order chi connectivity index (χ0) is 12.1. The van der Waals surface area contributed by atoms with E-state index >= 15 is 0 Å². The van der Waals surface area contributed by atoms with Crippen molar-refractivity contribution >= 4 is 27.7 Å². The van der Waals surface area contributed by atoms with Crippen LogP contribution in [-0.4, -0.2) is 22.6 Å². The smallest absolute Gasteiger partial charge is 0.224 e. The Kier molecular flexibility index (Phi) is 4.99. The van der Waals surface area contributed by atoms with E-state index in [1.165, 1.54) is 0 Å². The Morgan fingerprint density at radius 3 is 2.62 bits per heavy atom. The summed E-state index contributed by atoms with van der Waals surface area (Å²) >= 11 is 3.44. The molecular formula is C11H19BrN4. The van der Waals surface area contributed by atoms with Crippen LogP contribution >= 0.6 is 15.9 Å². The molecule has 4 nitrogen and oxygen atoms in total. The van der Waals surface area contributed by atoms with Gasteiger partial charge in [0.2, 0.25) is 5.95 Å². The highest BCUT2D eigenvalue weighted by atomic mass is 79.9. The van der Waals surface area contributed by atoms with Crippen molar-refractivity contribution in [3.05, 3.63) is 10.7 Å². The molecule has 1 unspecified atom stereocenters. The molecule has 0 aromatic carbocycles. The van der Waals surface area contributed by atoms with Crippen LogP contribution in [0.3, 0.4) is 0 Å². The van der Waals surface area contributed by atoms with Gasteiger partial charge in [-0.3, -0.25) is 0 Å². The Balaban J connectivity index is 2.81. The van der Waals surface area contributed by atoms with Crippen LogP contribution in [0.2, 0.25) is 0 Å². The molecule has 1 aromatic heterocycles. The van der Waals surface area contributed by atoms with Crippen LogP contribution in [-0.2, 0) is 0 Å². The van der Waals surface area contributed by atoms with Gasteiger partial charge in [0.25, 0.3) is 0 Å². The predicted octanol–water partition coefficient (Wildman–Crippen LogP) is 3.13. The average Bonchev–Trinajstić information content (AvgIpc) is 2.23. The monoisotopic (exact) mass is 286 g/mol. The van der Waals surface area contributed by atoms with Crippen molar-refractivity contribution in [3.8, 4) is 0 Å². The first-order valence-corrected chi connectivity index (χ1v) is 6.36. The summed E-state index contributed by atoms with van der Waals surface area (Å²) in [5, 5.41) is 6.46. The van der Waals surface area contributed by atoms with Gasteiger partial charge in [0.05, 0.1) is 4.47 Å². The summed E-state index contributed by atoms with van der Waals surface area (Å²) in [6, 6.07) is 0.376. The van der Waals surface area contributed by atoms with E-state index in [-0.39, 0.29) is 0 Å². The van der Waals surface area contributed by atoms with Gasteiger partial charge in [-0.25, -0.2) is 4.98 Å². The third-order valence-corrected chi connectivity index (χ3v) is 3.02. The molecule has 1 heterocycles. The van der Waals surface area contributed by atoms with Crippen molar-refractivity contribution in [2.24, 2.45) is 5.92 Å². The maximum absolute atomic E-state index is 4.40. The molecule has 0 fully saturated rings. The summed E-state index contributed by atoms with van der Waals surface area (Å²) in [6.45, 7) is 9.35. The van der Waals surface area contributed by atoms with Crippen molar-refractivity contribution in [1.29, 1.82) is 0 Å². The van der Waals surface area contributed by atoms with Crippen molar-refractivity contribution in [3.63, 3.8) is 0 Å². The molecular weight excluding hydrogens is 268 g/mol. The fraction of sp³-hybridized carbons (Fsp3) is 0.636. The van der Waals surface area contributed by atoms with Gasteiger partial charge >= 0.3 is 0 Å². The molecule has 5 heteroatoms. The van der Waals surface area contributed by atoms with E-state index in [9.17, 15) is 0 Å². The lowest BCUT2D eigenvalue weighted by molar-refractivity contribution is 0.558. The zero-order valence-electron chi connectivity index (χ0n) is 10.2. The summed E-state index contributed by atoms with van der Waals surface area (Å²) in [7, 11) is 0. The van der Waals surface area contributed by atoms with E-state index in [4.69, 9.17) is 0 Å². The van der Waals surface area contributed by atoms with E-state index in [0.717, 1.165) is 16.8 Å². The standard InChI is InChI=1S/C11H19BrN4/c1-5-13-11-14-6-9(12)10(16-11)15-8(4)7(2)3/h6-8H,5H2,1-4H3,(H2,13,14,15,16). The Labute approximate surface area is 105 Å². The molecule has 0 aliphatic carbocycles. The van der Waals surface area contributed by atoms with Crippen LogP contribution < -0.4 is 10.6 Å². The number of rotatable bonds is 5. The van der Waals surface area contributed by atoms with Crippen LogP contribution in [0.4, 0.5) is 11.8 Å². The lowest BCUT2D eigenvalue weighted by Gasteiger charge is -2.19. The molecule has 0 aliphatic heterocycles. The van der Waals surface area contributed by atoms with Gasteiger partial charge in [-0.2, -0.15) is 4.98 Å². The van der Waals surface area contributed by atoms with Crippen LogP contribution in [0, 0.1) is 5.92 Å². The minimum absolute atomic E-state index is 0.376. The summed E-state index contributed by atoms with van der Waals surface area (Å²) in [5.74, 6) is 2.06. The molecule has 0 saturated carbocycles. The predicted molar refractivity (Wildman–Crippen MR) is 71.8 cm³/mol. The van der Waals surface area contributed by atoms with E-state index in [2.05, 4.69) is 57.3 Å². The van der Waals surface area contributed by atoms with Gasteiger partial charge in [0.1, 0.15) is 5.82 Å². The van der Waals surface area contributed by atoms with E-state index < -0.39 is 0 Å². The average molecular weight is 287 g/mol. The summed E-state index contributed by atoms with van der Waals surface area (Å²) in [6.07, 6.45) is 1.76. The maximum atomic E-state index is 4.40. The fourth-order valence-corrected chi connectivity index (χ4v) is 1.40. The second-order valence-corrected chi connectivity index (χ2v) is 4.95. The number of aromatic nitrogens is 2. The summed E-state index contributed by atoms with van der Waals surface area (Å²) < 4.78 is 0.890. The molecule has 1 atom stereocenters. The second kappa shape index (κ2) is 6.03. The number of hydrogen-bond acceptors (Lipinski definition) is 4. The van der Waals surface area contributed by atoms with E-state index in [1.807, 2.05) is 6.92 Å². The lowest BCUT2D eigenvalue weighted by Crippen LogP contribution is -2.22. The van der Waals surface area contributed by atoms with Gasteiger partial charge in [0.15, 0.2) is 0 Å². The van der Waals surface area contributed by atoms with Crippen LogP contribution in [0.25, 0.3) is 0 Å². The molecule has 1 rings (SSSR count). The van der Waals surface area contributed by atoms with Crippen LogP contribution in [0.1, 0.15) is 27.7 Å². The quantitative estimate of drug-likeness (QED) is 0.873. The highest BCUT2D eigenvalue weighted by molar-refractivity contribution is 9.10. The third kappa shape index (κ3) is 3.63. The van der Waals surface area contributed by atoms with Crippen molar-refractivity contribution < 1.29 is 0 Å². The van der Waals surface area contributed by atoms with Gasteiger partial charge in [-0.15, -0.1) is 0 Å². The summed E-state index contributed by atoms with van der Waals surface area (Å²) in [5.41, 5.74) is 0. The molecule has 16 heavy (non-hydrogen) atoms. The number of nitrogens with zero attached hydrogens (tertiary/aromatic N) is 2. The Morgan fingerprint density at radius 1 is 1.38 bits per heavy atom. The molecule has 0 spiro atoms. The first-order valence-electron chi connectivity index (χ1n) is 5.57. The molecule has 2 N–H and O–H groups in total. The minimum atomic E-state index is 0.376. The van der Waals surface area contributed by atoms with Crippen molar-refractivity contribution in [1.82, 2.24) is 9.97 Å². The van der Waals surface area contributed by atoms with Gasteiger partial charge in [0, 0.05) is 18.8 Å². The Morgan fingerprint density at radius 2 is 2.06 bits per heavy atom. The van der Waals surface area contributed by atoms with Gasteiger partial charge in [-0.05, 0) is 35.7 Å². The molecule has 90 valence electrons. The molecule has 0 bridgehead atoms. The minimum Gasteiger partial charge on any atom is -0.366 e. The second-order valence-electron chi connectivity index (χ2n) is 4.10. The van der Waals surface area contributed by atoms with Crippen molar-refractivity contribution in [2.45, 2.75) is 33.7 Å². The van der Waals surface area contributed by atoms with Gasteiger partial charge in [-0.1, -0.05) is 13.8 Å². The van der Waals surface area contributed by atoms with Crippen molar-refractivity contribution in [2.75, 3.05) is 17.2 Å². The number of hydrogen-bond donors (Lipinski definition) is 2. The topological polar surface area (TPSA) is 49.8 Å². The number of nitrogens with one attached hydrogen (secondary N) is 2. The molecule has 0 amide bonds. The highest BCUT2D eigenvalue weighted by Gasteiger charge is 2.10. The fourth-order valence-electron chi connectivity index (χ4n) is 1.09.